The van der Waals surface area contributed by atoms with Crippen LogP contribution in [0.15, 0.2) is 24.3 Å². The number of hydrogen-bond donors (Lipinski definition) is 0. The first-order valence-corrected chi connectivity index (χ1v) is 10.5. The molecule has 0 aromatic heterocycles. The molecular formula is C23H29ClO3. The van der Waals surface area contributed by atoms with Crippen molar-refractivity contribution in [2.24, 2.45) is 17.3 Å². The lowest BCUT2D eigenvalue weighted by Crippen LogP contribution is -2.56. The van der Waals surface area contributed by atoms with Crippen LogP contribution in [-0.2, 0) is 14.9 Å². The van der Waals surface area contributed by atoms with Crippen molar-refractivity contribution >= 4 is 23.4 Å². The van der Waals surface area contributed by atoms with E-state index in [2.05, 4.69) is 20.8 Å². The average Bonchev–Trinajstić information content (AvgIpc) is 2.56. The van der Waals surface area contributed by atoms with E-state index in [1.807, 2.05) is 24.3 Å². The van der Waals surface area contributed by atoms with Gasteiger partial charge in [-0.15, -0.1) is 11.6 Å². The minimum atomic E-state index is -0.456. The molecule has 0 saturated heterocycles. The molecule has 2 unspecified atom stereocenters. The molecule has 0 N–H and O–H groups in total. The second kappa shape index (κ2) is 6.34. The Labute approximate surface area is 166 Å². The summed E-state index contributed by atoms with van der Waals surface area (Å²) < 4.78 is 5.54. The van der Waals surface area contributed by atoms with E-state index >= 15 is 0 Å². The van der Waals surface area contributed by atoms with Gasteiger partial charge in [-0.05, 0) is 61.3 Å². The van der Waals surface area contributed by atoms with Crippen LogP contribution >= 0.6 is 11.6 Å². The summed E-state index contributed by atoms with van der Waals surface area (Å²) in [7, 11) is 0. The van der Waals surface area contributed by atoms with Gasteiger partial charge in [-0.25, -0.2) is 0 Å². The Kier molecular flexibility index (Phi) is 4.46. The molecule has 0 heterocycles. The lowest BCUT2D eigenvalue weighted by Gasteiger charge is -2.58. The van der Waals surface area contributed by atoms with Gasteiger partial charge in [0, 0.05) is 10.4 Å². The van der Waals surface area contributed by atoms with E-state index in [1.54, 1.807) is 0 Å². The minimum Gasteiger partial charge on any atom is -0.457 e. The largest absolute Gasteiger partial charge is 0.457 e. The molecule has 0 amide bonds. The molecular weight excluding hydrogens is 360 g/mol. The van der Waals surface area contributed by atoms with Crippen LogP contribution in [0.5, 0.6) is 0 Å². The van der Waals surface area contributed by atoms with Gasteiger partial charge in [0.05, 0.1) is 5.41 Å². The zero-order valence-corrected chi connectivity index (χ0v) is 17.3. The van der Waals surface area contributed by atoms with E-state index in [9.17, 15) is 9.59 Å². The van der Waals surface area contributed by atoms with Crippen LogP contribution in [0.1, 0.15) is 75.2 Å². The first kappa shape index (κ1) is 19.0. The van der Waals surface area contributed by atoms with Crippen molar-refractivity contribution in [1.82, 2.24) is 0 Å². The Morgan fingerprint density at radius 1 is 1.07 bits per heavy atom. The van der Waals surface area contributed by atoms with E-state index < -0.39 is 5.41 Å². The van der Waals surface area contributed by atoms with Gasteiger partial charge < -0.3 is 4.74 Å². The van der Waals surface area contributed by atoms with Crippen molar-refractivity contribution in [3.8, 4) is 0 Å². The van der Waals surface area contributed by atoms with Gasteiger partial charge in [-0.2, -0.15) is 0 Å². The molecule has 1 aromatic rings. The molecule has 0 aliphatic heterocycles. The molecule has 3 nitrogen and oxygen atoms in total. The monoisotopic (exact) mass is 388 g/mol. The van der Waals surface area contributed by atoms with Gasteiger partial charge in [0.2, 0.25) is 0 Å². The van der Waals surface area contributed by atoms with E-state index in [0.717, 1.165) is 25.7 Å². The van der Waals surface area contributed by atoms with Crippen LogP contribution in [0.4, 0.5) is 0 Å². The number of ketones is 1. The van der Waals surface area contributed by atoms with Crippen molar-refractivity contribution < 1.29 is 14.3 Å². The quantitative estimate of drug-likeness (QED) is 0.400. The number of esters is 1. The third-order valence-corrected chi connectivity index (χ3v) is 7.27. The maximum absolute atomic E-state index is 12.9. The van der Waals surface area contributed by atoms with Gasteiger partial charge in [0.15, 0.2) is 12.4 Å². The molecule has 1 aromatic carbocycles. The predicted molar refractivity (Wildman–Crippen MR) is 106 cm³/mol. The summed E-state index contributed by atoms with van der Waals surface area (Å²) in [6.45, 7) is 6.24. The third-order valence-electron chi connectivity index (χ3n) is 6.83. The second-order valence-electron chi connectivity index (χ2n) is 10.2. The van der Waals surface area contributed by atoms with E-state index in [0.29, 0.717) is 23.8 Å². The Morgan fingerprint density at radius 2 is 1.67 bits per heavy atom. The normalized spacial score (nSPS) is 34.5. The number of rotatable bonds is 4. The summed E-state index contributed by atoms with van der Waals surface area (Å²) in [6, 6.07) is 7.61. The lowest BCUT2D eigenvalue weighted by atomic mass is 9.49. The predicted octanol–water partition coefficient (Wildman–Crippen LogP) is 5.29. The number of benzene rings is 1. The summed E-state index contributed by atoms with van der Waals surface area (Å²) >= 11 is 6.80. The number of hydrogen-bond acceptors (Lipinski definition) is 3. The molecule has 0 radical (unpaired) electrons. The maximum Gasteiger partial charge on any atom is 0.312 e. The van der Waals surface area contributed by atoms with Crippen molar-refractivity contribution in [1.29, 1.82) is 0 Å². The number of Topliss-reactive ketones (excluding diaryl/α,β-unsaturated/α-hetero) is 1. The minimum absolute atomic E-state index is 0.0457. The number of carbonyl (C=O) groups excluding carboxylic acids is 2. The Hall–Kier alpha value is -1.35. The highest BCUT2D eigenvalue weighted by atomic mass is 35.5. The molecule has 4 atom stereocenters. The molecule has 27 heavy (non-hydrogen) atoms. The molecule has 0 spiro atoms. The summed E-state index contributed by atoms with van der Waals surface area (Å²) in [5.74, 6) is 0.726. The SMILES string of the molecule is CC(C)(C)c1ccc(C(=O)COC(=O)C23C[C@@H]4C[C@@H](CC(Cl)(C4)C2)C3)cc1. The summed E-state index contributed by atoms with van der Waals surface area (Å²) in [5.41, 5.74) is 1.36. The van der Waals surface area contributed by atoms with Crippen LogP contribution in [0, 0.1) is 17.3 Å². The molecule has 5 rings (SSSR count). The van der Waals surface area contributed by atoms with Crippen molar-refractivity contribution in [3.05, 3.63) is 35.4 Å². The fourth-order valence-electron chi connectivity index (χ4n) is 5.91. The van der Waals surface area contributed by atoms with Crippen LogP contribution in [0.25, 0.3) is 0 Å². The molecule has 4 aliphatic carbocycles. The van der Waals surface area contributed by atoms with Gasteiger partial charge in [0.25, 0.3) is 0 Å². The number of halogens is 1. The first-order valence-electron chi connectivity index (χ1n) is 10.1. The summed E-state index contributed by atoms with van der Waals surface area (Å²) in [4.78, 5) is 25.2. The zero-order chi connectivity index (χ0) is 19.4. The van der Waals surface area contributed by atoms with Crippen LogP contribution in [-0.4, -0.2) is 23.2 Å². The Morgan fingerprint density at radius 3 is 2.19 bits per heavy atom. The average molecular weight is 389 g/mol. The lowest BCUT2D eigenvalue weighted by molar-refractivity contribution is -0.168. The fourth-order valence-corrected chi connectivity index (χ4v) is 6.61. The smallest absolute Gasteiger partial charge is 0.312 e. The number of carbonyl (C=O) groups is 2. The van der Waals surface area contributed by atoms with Crippen LogP contribution in [0.2, 0.25) is 0 Å². The first-order chi connectivity index (χ1) is 12.6. The van der Waals surface area contributed by atoms with Gasteiger partial charge in [-0.3, -0.25) is 9.59 Å². The zero-order valence-electron chi connectivity index (χ0n) is 16.5. The van der Waals surface area contributed by atoms with Crippen LogP contribution < -0.4 is 0 Å². The molecule has 4 fully saturated rings. The fraction of sp³-hybridized carbons (Fsp3) is 0.652. The Balaban J connectivity index is 1.40. The van der Waals surface area contributed by atoms with Crippen molar-refractivity contribution in [2.45, 2.75) is 69.6 Å². The van der Waals surface area contributed by atoms with Gasteiger partial charge in [-0.1, -0.05) is 45.0 Å². The number of alkyl halides is 1. The topological polar surface area (TPSA) is 43.4 Å². The van der Waals surface area contributed by atoms with E-state index in [-0.39, 0.29) is 28.6 Å². The van der Waals surface area contributed by atoms with E-state index in [1.165, 1.54) is 12.0 Å². The third kappa shape index (κ3) is 3.55. The van der Waals surface area contributed by atoms with Crippen molar-refractivity contribution in [2.75, 3.05) is 6.61 Å². The van der Waals surface area contributed by atoms with Crippen LogP contribution in [0.3, 0.4) is 0 Å². The Bertz CT molecular complexity index is 745. The van der Waals surface area contributed by atoms with Gasteiger partial charge in [0.1, 0.15) is 0 Å². The molecule has 4 saturated carbocycles. The standard InChI is InChI=1S/C23H29ClO3/c1-21(2,3)18-6-4-17(5-7-18)19(25)13-27-20(26)22-9-15-8-16(10-22)12-23(24,11-15)14-22/h4-7,15-16H,8-14H2,1-3H3/t15-,16+,22?,23?. The highest BCUT2D eigenvalue weighted by Crippen LogP contribution is 2.64. The molecule has 4 bridgehead atoms. The molecule has 4 aliphatic rings. The maximum atomic E-state index is 12.9. The van der Waals surface area contributed by atoms with Gasteiger partial charge >= 0.3 is 5.97 Å². The summed E-state index contributed by atoms with van der Waals surface area (Å²) in [5, 5.41) is 0. The molecule has 4 heteroatoms. The molecule has 146 valence electrons. The van der Waals surface area contributed by atoms with E-state index in [4.69, 9.17) is 16.3 Å². The highest BCUT2D eigenvalue weighted by molar-refractivity contribution is 6.24. The van der Waals surface area contributed by atoms with Crippen molar-refractivity contribution in [3.63, 3.8) is 0 Å². The highest BCUT2D eigenvalue weighted by Gasteiger charge is 2.60. The summed E-state index contributed by atoms with van der Waals surface area (Å²) in [6.07, 6.45) is 5.72. The number of ether oxygens (including phenoxy) is 1. The second-order valence-corrected chi connectivity index (χ2v) is 11.0.